The predicted octanol–water partition coefficient (Wildman–Crippen LogP) is 2.98. The molecule has 31 heavy (non-hydrogen) atoms. The first-order valence-electron chi connectivity index (χ1n) is 11.7. The Morgan fingerprint density at radius 2 is 2.16 bits per heavy atom. The number of aromatic nitrogens is 3. The smallest absolute Gasteiger partial charge is 0.244 e. The normalized spacial score (nSPS) is 26.5. The molecule has 0 radical (unpaired) electrons. The zero-order valence-electron chi connectivity index (χ0n) is 18.7. The molecular formula is C23H33N5O2S. The van der Waals surface area contributed by atoms with Gasteiger partial charge in [0.05, 0.1) is 24.1 Å². The molecule has 3 aliphatic rings. The molecule has 0 unspecified atom stereocenters. The summed E-state index contributed by atoms with van der Waals surface area (Å²) in [6.07, 6.45) is 8.35. The molecule has 0 bridgehead atoms. The highest BCUT2D eigenvalue weighted by Crippen LogP contribution is 2.46. The highest BCUT2D eigenvalue weighted by atomic mass is 32.1. The van der Waals surface area contributed by atoms with Gasteiger partial charge in [-0.25, -0.2) is 4.68 Å². The Morgan fingerprint density at radius 3 is 2.94 bits per heavy atom. The van der Waals surface area contributed by atoms with Crippen LogP contribution in [0.15, 0.2) is 12.3 Å². The third-order valence-electron chi connectivity index (χ3n) is 7.17. The number of carbonyl (C=O) groups is 1. The average Bonchev–Trinajstić information content (AvgIpc) is 3.51. The van der Waals surface area contributed by atoms with E-state index in [1.807, 2.05) is 22.4 Å². The molecule has 3 aliphatic heterocycles. The van der Waals surface area contributed by atoms with Crippen LogP contribution in [0.1, 0.15) is 60.5 Å². The minimum Gasteiger partial charge on any atom is -0.370 e. The van der Waals surface area contributed by atoms with Crippen LogP contribution in [0.5, 0.6) is 0 Å². The summed E-state index contributed by atoms with van der Waals surface area (Å²) < 4.78 is 8.16. The summed E-state index contributed by atoms with van der Waals surface area (Å²) in [5.74, 6) is 0.148. The van der Waals surface area contributed by atoms with E-state index in [9.17, 15) is 4.79 Å². The van der Waals surface area contributed by atoms with Crippen LogP contribution < -0.4 is 0 Å². The number of aryl methyl sites for hydroxylation is 1. The van der Waals surface area contributed by atoms with Crippen LogP contribution in [0.3, 0.4) is 0 Å². The van der Waals surface area contributed by atoms with Crippen molar-refractivity contribution < 1.29 is 9.53 Å². The van der Waals surface area contributed by atoms with Crippen molar-refractivity contribution in [2.24, 2.45) is 0 Å². The Balaban J connectivity index is 1.22. The molecule has 5 heterocycles. The average molecular weight is 444 g/mol. The molecule has 168 valence electrons. The van der Waals surface area contributed by atoms with Crippen molar-refractivity contribution in [3.8, 4) is 0 Å². The lowest BCUT2D eigenvalue weighted by molar-refractivity contribution is -0.131. The highest BCUT2D eigenvalue weighted by molar-refractivity contribution is 7.12. The number of hydrogen-bond acceptors (Lipinski definition) is 6. The maximum atomic E-state index is 12.4. The third-order valence-corrected chi connectivity index (χ3v) is 8.50. The summed E-state index contributed by atoms with van der Waals surface area (Å²) in [5.41, 5.74) is 2.28. The van der Waals surface area contributed by atoms with Crippen LogP contribution in [0.4, 0.5) is 0 Å². The molecule has 0 aromatic carbocycles. The van der Waals surface area contributed by atoms with Gasteiger partial charge in [0.15, 0.2) is 0 Å². The van der Waals surface area contributed by atoms with Gasteiger partial charge >= 0.3 is 0 Å². The molecule has 7 nitrogen and oxygen atoms in total. The van der Waals surface area contributed by atoms with E-state index in [2.05, 4.69) is 35.1 Å². The predicted molar refractivity (Wildman–Crippen MR) is 120 cm³/mol. The second-order valence-corrected chi connectivity index (χ2v) is 10.5. The molecule has 2 aromatic heterocycles. The molecule has 0 aliphatic carbocycles. The Morgan fingerprint density at radius 1 is 1.32 bits per heavy atom. The van der Waals surface area contributed by atoms with Crippen LogP contribution in [0.25, 0.3) is 0 Å². The van der Waals surface area contributed by atoms with E-state index in [-0.39, 0.29) is 11.5 Å². The second-order valence-electron chi connectivity index (χ2n) is 9.26. The number of piperidine rings is 1. The van der Waals surface area contributed by atoms with Crippen molar-refractivity contribution in [1.82, 2.24) is 24.8 Å². The number of fused-ring (bicyclic) bond motifs is 2. The lowest BCUT2D eigenvalue weighted by Gasteiger charge is -2.47. The molecule has 2 saturated heterocycles. The monoisotopic (exact) mass is 443 g/mol. The first-order valence-corrected chi connectivity index (χ1v) is 12.5. The van der Waals surface area contributed by atoms with E-state index in [0.29, 0.717) is 12.6 Å². The Kier molecular flexibility index (Phi) is 5.88. The fourth-order valence-corrected chi connectivity index (χ4v) is 6.59. The molecule has 0 saturated carbocycles. The third kappa shape index (κ3) is 4.17. The summed E-state index contributed by atoms with van der Waals surface area (Å²) in [5, 5.41) is 8.56. The minimum absolute atomic E-state index is 0.118. The second kappa shape index (κ2) is 8.64. The molecular weight excluding hydrogens is 410 g/mol. The van der Waals surface area contributed by atoms with E-state index in [1.165, 1.54) is 15.3 Å². The fourth-order valence-electron chi connectivity index (χ4n) is 5.41. The summed E-state index contributed by atoms with van der Waals surface area (Å²) in [6, 6.07) is 2.81. The van der Waals surface area contributed by atoms with Gasteiger partial charge in [-0.1, -0.05) is 12.1 Å². The van der Waals surface area contributed by atoms with Crippen LogP contribution in [0, 0.1) is 0 Å². The zero-order chi connectivity index (χ0) is 21.4. The number of carbonyl (C=O) groups excluding carboxylic acids is 1. The molecule has 2 atom stereocenters. The van der Waals surface area contributed by atoms with Crippen molar-refractivity contribution >= 4 is 17.2 Å². The number of ether oxygens (including phenoxy) is 1. The topological polar surface area (TPSA) is 63.5 Å². The number of hydrogen-bond donors (Lipinski definition) is 0. The summed E-state index contributed by atoms with van der Waals surface area (Å²) in [4.78, 5) is 19.8. The van der Waals surface area contributed by atoms with Crippen molar-refractivity contribution in [3.05, 3.63) is 33.3 Å². The van der Waals surface area contributed by atoms with E-state index < -0.39 is 0 Å². The number of thiophene rings is 1. The summed E-state index contributed by atoms with van der Waals surface area (Å²) in [7, 11) is 0. The first-order chi connectivity index (χ1) is 15.1. The Bertz CT molecular complexity index is 934. The quantitative estimate of drug-likeness (QED) is 0.711. The van der Waals surface area contributed by atoms with Gasteiger partial charge in [-0.15, -0.1) is 16.4 Å². The molecule has 0 N–H and O–H groups in total. The lowest BCUT2D eigenvalue weighted by Crippen LogP contribution is -2.50. The van der Waals surface area contributed by atoms with Crippen molar-refractivity contribution in [3.63, 3.8) is 0 Å². The van der Waals surface area contributed by atoms with Crippen LogP contribution in [0.2, 0.25) is 0 Å². The largest absolute Gasteiger partial charge is 0.370 e. The summed E-state index contributed by atoms with van der Waals surface area (Å²) in [6.45, 7) is 9.17. The van der Waals surface area contributed by atoms with Crippen molar-refractivity contribution in [1.29, 1.82) is 0 Å². The molecule has 1 amide bonds. The number of rotatable bonds is 5. The molecule has 8 heteroatoms. The Hall–Kier alpha value is -1.77. The zero-order valence-corrected chi connectivity index (χ0v) is 19.5. The van der Waals surface area contributed by atoms with Gasteiger partial charge in [-0.2, -0.15) is 0 Å². The fraction of sp³-hybridized carbons (Fsp3) is 0.696. The summed E-state index contributed by atoms with van der Waals surface area (Å²) >= 11 is 1.98. The van der Waals surface area contributed by atoms with Crippen LogP contribution >= 0.6 is 11.3 Å². The van der Waals surface area contributed by atoms with Gasteiger partial charge in [-0.05, 0) is 50.7 Å². The first kappa shape index (κ1) is 21.1. The number of likely N-dealkylation sites (tertiary alicyclic amines) is 2. The maximum Gasteiger partial charge on any atom is 0.244 e. The SMILES string of the molecule is CCc1cc2c(s1)CCO[C@@]21CCN(Cc2cn(CC(=O)N3CCCC3)nn2)[C@@H](C)C1. The van der Waals surface area contributed by atoms with Gasteiger partial charge < -0.3 is 9.64 Å². The molecule has 5 rings (SSSR count). The van der Waals surface area contributed by atoms with E-state index in [4.69, 9.17) is 4.74 Å². The van der Waals surface area contributed by atoms with Gasteiger partial charge in [0.2, 0.25) is 5.91 Å². The van der Waals surface area contributed by atoms with Gasteiger partial charge in [0.1, 0.15) is 6.54 Å². The van der Waals surface area contributed by atoms with Crippen LogP contribution in [-0.4, -0.2) is 63.0 Å². The molecule has 1 spiro atoms. The van der Waals surface area contributed by atoms with Crippen molar-refractivity contribution in [2.45, 2.75) is 77.1 Å². The standard InChI is InChI=1S/C23H33N5O2S/c1-3-19-12-20-21(31-19)6-11-30-23(20)7-10-27(17(2)13-23)14-18-15-28(25-24-18)16-22(29)26-8-4-5-9-26/h12,15,17H,3-11,13-14,16H2,1-2H3/t17-,23+/m0/s1. The van der Waals surface area contributed by atoms with Gasteiger partial charge in [-0.3, -0.25) is 9.69 Å². The van der Waals surface area contributed by atoms with Crippen LogP contribution in [-0.2, 0) is 41.1 Å². The van der Waals surface area contributed by atoms with Gasteiger partial charge in [0.25, 0.3) is 0 Å². The van der Waals surface area contributed by atoms with Gasteiger partial charge in [0, 0.05) is 48.4 Å². The lowest BCUT2D eigenvalue weighted by atomic mass is 9.79. The van der Waals surface area contributed by atoms with E-state index >= 15 is 0 Å². The number of nitrogens with zero attached hydrogens (tertiary/aromatic N) is 5. The number of amides is 1. The molecule has 2 fully saturated rings. The molecule has 2 aromatic rings. The highest BCUT2D eigenvalue weighted by Gasteiger charge is 2.44. The van der Waals surface area contributed by atoms with E-state index in [1.54, 1.807) is 4.68 Å². The van der Waals surface area contributed by atoms with E-state index in [0.717, 1.165) is 77.0 Å². The minimum atomic E-state index is -0.118. The maximum absolute atomic E-state index is 12.4. The van der Waals surface area contributed by atoms with Crippen molar-refractivity contribution in [2.75, 3.05) is 26.2 Å². The Labute approximate surface area is 188 Å².